The van der Waals surface area contributed by atoms with E-state index in [1.54, 1.807) is 28.6 Å². The van der Waals surface area contributed by atoms with Gasteiger partial charge in [-0.3, -0.25) is 4.79 Å². The molecule has 1 saturated heterocycles. The first kappa shape index (κ1) is 22.4. The summed E-state index contributed by atoms with van der Waals surface area (Å²) in [7, 11) is -3.12. The van der Waals surface area contributed by atoms with Gasteiger partial charge < -0.3 is 9.80 Å². The molecule has 1 aromatic carbocycles. The number of nitrogens with zero attached hydrogens (tertiary/aromatic N) is 4. The number of rotatable bonds is 8. The smallest absolute Gasteiger partial charge is 0.257 e. The van der Waals surface area contributed by atoms with Gasteiger partial charge in [0, 0.05) is 19.1 Å². The highest BCUT2D eigenvalue weighted by Crippen LogP contribution is 2.22. The van der Waals surface area contributed by atoms with Crippen LogP contribution in [-0.2, 0) is 9.84 Å². The number of carbonyl (C=O) groups excluding carboxylic acids is 1. The molecule has 1 aromatic heterocycles. The number of hydrogen-bond donors (Lipinski definition) is 0. The quantitative estimate of drug-likeness (QED) is 0.635. The molecule has 2 aromatic rings. The van der Waals surface area contributed by atoms with Gasteiger partial charge in [0.2, 0.25) is 0 Å². The predicted octanol–water partition coefficient (Wildman–Crippen LogP) is 2.29. The van der Waals surface area contributed by atoms with Crippen molar-refractivity contribution in [1.29, 1.82) is 0 Å². The molecule has 0 bridgehead atoms. The molecule has 1 aliphatic heterocycles. The van der Waals surface area contributed by atoms with Gasteiger partial charge in [-0.2, -0.15) is 5.10 Å². The number of halogens is 1. The molecule has 0 saturated carbocycles. The van der Waals surface area contributed by atoms with E-state index in [0.717, 1.165) is 13.1 Å². The highest BCUT2D eigenvalue weighted by molar-refractivity contribution is 7.91. The molecule has 164 valence electrons. The molecular formula is C21H29FN4O3S. The molecule has 1 aliphatic rings. The summed E-state index contributed by atoms with van der Waals surface area (Å²) in [5, 5.41) is 4.32. The van der Waals surface area contributed by atoms with E-state index in [9.17, 15) is 17.6 Å². The summed E-state index contributed by atoms with van der Waals surface area (Å²) < 4.78 is 38.9. The van der Waals surface area contributed by atoms with Gasteiger partial charge in [0.05, 0.1) is 34.6 Å². The van der Waals surface area contributed by atoms with Crippen molar-refractivity contribution in [3.8, 4) is 5.69 Å². The first-order chi connectivity index (χ1) is 14.3. The summed E-state index contributed by atoms with van der Waals surface area (Å²) in [4.78, 5) is 17.4. The van der Waals surface area contributed by atoms with Crippen molar-refractivity contribution >= 4 is 15.7 Å². The Morgan fingerprint density at radius 1 is 1.20 bits per heavy atom. The number of carbonyl (C=O) groups is 1. The predicted molar refractivity (Wildman–Crippen MR) is 114 cm³/mol. The lowest BCUT2D eigenvalue weighted by atomic mass is 10.1. The molecule has 0 radical (unpaired) electrons. The summed E-state index contributed by atoms with van der Waals surface area (Å²) in [6.07, 6.45) is 1.96. The van der Waals surface area contributed by atoms with Crippen LogP contribution in [0.2, 0.25) is 0 Å². The van der Waals surface area contributed by atoms with Crippen LogP contribution >= 0.6 is 0 Å². The molecule has 0 aliphatic carbocycles. The van der Waals surface area contributed by atoms with Crippen molar-refractivity contribution in [3.05, 3.63) is 47.5 Å². The van der Waals surface area contributed by atoms with Gasteiger partial charge in [-0.05, 0) is 50.7 Å². The minimum absolute atomic E-state index is 0.00212. The lowest BCUT2D eigenvalue weighted by Crippen LogP contribution is -2.45. The second-order valence-electron chi connectivity index (χ2n) is 7.61. The SMILES string of the molecule is CCN(CC)CCN(C(=O)c1cnn(-c2ccc(F)cc2)c1C)C1CCS(=O)(=O)C1. The number of aromatic nitrogens is 2. The average molecular weight is 437 g/mol. The van der Waals surface area contributed by atoms with Gasteiger partial charge in [-0.25, -0.2) is 17.5 Å². The Labute approximate surface area is 177 Å². The highest BCUT2D eigenvalue weighted by Gasteiger charge is 2.36. The molecule has 0 spiro atoms. The Hall–Kier alpha value is -2.26. The van der Waals surface area contributed by atoms with E-state index in [0.29, 0.717) is 36.5 Å². The molecule has 0 N–H and O–H groups in total. The van der Waals surface area contributed by atoms with E-state index < -0.39 is 9.84 Å². The first-order valence-electron chi connectivity index (χ1n) is 10.3. The number of likely N-dealkylation sites (N-methyl/N-ethyl adjacent to an activating group) is 1. The number of amides is 1. The van der Waals surface area contributed by atoms with E-state index in [-0.39, 0.29) is 29.3 Å². The van der Waals surface area contributed by atoms with Crippen LogP contribution in [0.15, 0.2) is 30.5 Å². The lowest BCUT2D eigenvalue weighted by molar-refractivity contribution is 0.0673. The summed E-state index contributed by atoms with van der Waals surface area (Å²) in [6.45, 7) is 8.78. The van der Waals surface area contributed by atoms with Crippen LogP contribution in [0, 0.1) is 12.7 Å². The van der Waals surface area contributed by atoms with Crippen LogP contribution in [0.25, 0.3) is 5.69 Å². The van der Waals surface area contributed by atoms with Gasteiger partial charge in [0.15, 0.2) is 9.84 Å². The van der Waals surface area contributed by atoms with Crippen LogP contribution in [0.4, 0.5) is 4.39 Å². The van der Waals surface area contributed by atoms with Crippen molar-refractivity contribution in [2.75, 3.05) is 37.7 Å². The Bertz CT molecular complexity index is 984. The Morgan fingerprint density at radius 2 is 1.87 bits per heavy atom. The fourth-order valence-electron chi connectivity index (χ4n) is 3.88. The van der Waals surface area contributed by atoms with E-state index >= 15 is 0 Å². The van der Waals surface area contributed by atoms with E-state index in [1.165, 1.54) is 18.3 Å². The van der Waals surface area contributed by atoms with Gasteiger partial charge in [-0.1, -0.05) is 13.8 Å². The molecule has 1 unspecified atom stereocenters. The lowest BCUT2D eigenvalue weighted by Gasteiger charge is -2.30. The zero-order valence-electron chi connectivity index (χ0n) is 17.7. The summed E-state index contributed by atoms with van der Waals surface area (Å²) in [5.41, 5.74) is 1.73. The third-order valence-corrected chi connectivity index (χ3v) is 7.52. The van der Waals surface area contributed by atoms with E-state index in [2.05, 4.69) is 23.8 Å². The standard InChI is InChI=1S/C21H29FN4O3S/c1-4-24(5-2)11-12-25(19-10-13-30(28,29)15-19)21(27)20-14-23-26(16(20)3)18-8-6-17(22)7-9-18/h6-9,14,19H,4-5,10-13,15H2,1-3H3. The Morgan fingerprint density at radius 3 is 2.43 bits per heavy atom. The first-order valence-corrected chi connectivity index (χ1v) is 12.1. The topological polar surface area (TPSA) is 75.5 Å². The summed E-state index contributed by atoms with van der Waals surface area (Å²) in [6, 6.07) is 5.57. The monoisotopic (exact) mass is 436 g/mol. The number of hydrogen-bond acceptors (Lipinski definition) is 5. The zero-order chi connectivity index (χ0) is 21.9. The van der Waals surface area contributed by atoms with Gasteiger partial charge in [0.1, 0.15) is 5.82 Å². The minimum atomic E-state index is -3.12. The largest absolute Gasteiger partial charge is 0.333 e. The maximum Gasteiger partial charge on any atom is 0.257 e. The van der Waals surface area contributed by atoms with E-state index in [1.807, 2.05) is 0 Å². The average Bonchev–Trinajstić information content (AvgIpc) is 3.27. The van der Waals surface area contributed by atoms with Crippen LogP contribution in [0.1, 0.15) is 36.3 Å². The van der Waals surface area contributed by atoms with Crippen LogP contribution in [-0.4, -0.2) is 77.6 Å². The third-order valence-electron chi connectivity index (χ3n) is 5.77. The molecule has 30 heavy (non-hydrogen) atoms. The molecule has 1 fully saturated rings. The molecule has 7 nitrogen and oxygen atoms in total. The van der Waals surface area contributed by atoms with Crippen molar-refractivity contribution in [2.45, 2.75) is 33.2 Å². The van der Waals surface area contributed by atoms with E-state index in [4.69, 9.17) is 0 Å². The van der Waals surface area contributed by atoms with Gasteiger partial charge in [-0.15, -0.1) is 0 Å². The van der Waals surface area contributed by atoms with Crippen LogP contribution < -0.4 is 0 Å². The fraction of sp³-hybridized carbons (Fsp3) is 0.524. The summed E-state index contributed by atoms with van der Waals surface area (Å²) in [5.74, 6) is -0.442. The Balaban J connectivity index is 1.87. The molecule has 9 heteroatoms. The number of benzene rings is 1. The van der Waals surface area contributed by atoms with Crippen molar-refractivity contribution in [1.82, 2.24) is 19.6 Å². The minimum Gasteiger partial charge on any atom is -0.333 e. The second-order valence-corrected chi connectivity index (χ2v) is 9.84. The second kappa shape index (κ2) is 9.26. The molecule has 1 amide bonds. The van der Waals surface area contributed by atoms with Gasteiger partial charge in [0.25, 0.3) is 5.91 Å². The molecule has 2 heterocycles. The zero-order valence-corrected chi connectivity index (χ0v) is 18.5. The molecule has 3 rings (SSSR count). The maximum absolute atomic E-state index is 13.5. The molecular weight excluding hydrogens is 407 g/mol. The fourth-order valence-corrected chi connectivity index (χ4v) is 5.61. The van der Waals surface area contributed by atoms with Gasteiger partial charge >= 0.3 is 0 Å². The third kappa shape index (κ3) is 4.89. The summed E-state index contributed by atoms with van der Waals surface area (Å²) >= 11 is 0. The van der Waals surface area contributed by atoms with Crippen molar-refractivity contribution in [3.63, 3.8) is 0 Å². The van der Waals surface area contributed by atoms with Crippen molar-refractivity contribution in [2.24, 2.45) is 0 Å². The van der Waals surface area contributed by atoms with Crippen molar-refractivity contribution < 1.29 is 17.6 Å². The number of sulfone groups is 1. The van der Waals surface area contributed by atoms with Crippen LogP contribution in [0.3, 0.4) is 0 Å². The maximum atomic E-state index is 13.5. The molecule has 1 atom stereocenters. The normalized spacial score (nSPS) is 18.1. The van der Waals surface area contributed by atoms with Crippen LogP contribution in [0.5, 0.6) is 0 Å². The Kier molecular flexibility index (Phi) is 6.92. The highest BCUT2D eigenvalue weighted by atomic mass is 32.2.